The number of carbonyl (C=O) groups excluding carboxylic acids is 2. The Hall–Kier alpha value is -3.27. The van der Waals surface area contributed by atoms with Gasteiger partial charge >= 0.3 is 10.1 Å². The summed E-state index contributed by atoms with van der Waals surface area (Å²) in [5, 5.41) is 0.0119. The molecule has 4 rings (SSSR count). The Labute approximate surface area is 231 Å². The summed E-state index contributed by atoms with van der Waals surface area (Å²) in [4.78, 5) is 26.8. The molecule has 0 aliphatic carbocycles. The van der Waals surface area contributed by atoms with Gasteiger partial charge in [0.1, 0.15) is 23.0 Å². The van der Waals surface area contributed by atoms with Crippen molar-refractivity contribution in [2.45, 2.75) is 31.6 Å². The molecule has 38 heavy (non-hydrogen) atoms. The smallest absolute Gasteiger partial charge is 0.339 e. The van der Waals surface area contributed by atoms with Gasteiger partial charge in [-0.25, -0.2) is 0 Å². The van der Waals surface area contributed by atoms with Crippen LogP contribution in [0.4, 0.5) is 4.79 Å². The monoisotopic (exact) mass is 571 g/mol. The first-order valence-electron chi connectivity index (χ1n) is 11.8. The maximum absolute atomic E-state index is 12.9. The molecule has 0 atom stereocenters. The highest BCUT2D eigenvalue weighted by atomic mass is 35.5. The summed E-state index contributed by atoms with van der Waals surface area (Å²) in [6.07, 6.45) is 1.53. The minimum atomic E-state index is -4.07. The van der Waals surface area contributed by atoms with Gasteiger partial charge in [-0.3, -0.25) is 14.5 Å². The maximum Gasteiger partial charge on any atom is 0.339 e. The van der Waals surface area contributed by atoms with E-state index in [2.05, 4.69) is 13.8 Å². The lowest BCUT2D eigenvalue weighted by Gasteiger charge is -2.17. The zero-order valence-electron chi connectivity index (χ0n) is 21.0. The molecule has 0 spiro atoms. The minimum Gasteiger partial charge on any atom is -0.491 e. The molecule has 1 heterocycles. The van der Waals surface area contributed by atoms with E-state index in [1.54, 1.807) is 12.1 Å². The highest BCUT2D eigenvalue weighted by Crippen LogP contribution is 2.33. The number of benzene rings is 3. The third kappa shape index (κ3) is 6.59. The average molecular weight is 572 g/mol. The molecule has 0 N–H and O–H groups in total. The number of hydrogen-bond acceptors (Lipinski definition) is 7. The molecule has 1 fully saturated rings. The highest BCUT2D eigenvalue weighted by molar-refractivity contribution is 8.18. The van der Waals surface area contributed by atoms with Crippen LogP contribution in [0.1, 0.15) is 36.5 Å². The Morgan fingerprint density at radius 2 is 1.76 bits per heavy atom. The average Bonchev–Trinajstić information content (AvgIpc) is 3.11. The molecule has 7 nitrogen and oxygen atoms in total. The van der Waals surface area contributed by atoms with E-state index in [1.165, 1.54) is 42.5 Å². The standard InChI is InChI=1S/C28H26ClNO6S2/c1-18(2)24-12-7-19(3)15-25(24)35-14-13-30-27(31)26(37-28(30)32)17-20-5-4-6-22(16-20)36-38(33,34)23-10-8-21(29)9-11-23/h4-12,15-18H,13-14H2,1-3H3/b26-17-. The summed E-state index contributed by atoms with van der Waals surface area (Å²) in [5.74, 6) is 0.650. The van der Waals surface area contributed by atoms with Crippen molar-refractivity contribution in [2.75, 3.05) is 13.2 Å². The molecule has 2 amide bonds. The molecule has 3 aromatic carbocycles. The zero-order chi connectivity index (χ0) is 27.4. The van der Waals surface area contributed by atoms with E-state index in [0.29, 0.717) is 10.6 Å². The molecule has 0 saturated carbocycles. The van der Waals surface area contributed by atoms with Crippen LogP contribution in [0.2, 0.25) is 5.02 Å². The number of halogens is 1. The topological polar surface area (TPSA) is 90.0 Å². The molecular formula is C28H26ClNO6S2. The second-order valence-electron chi connectivity index (χ2n) is 8.94. The number of aryl methyl sites for hydroxylation is 1. The Morgan fingerprint density at radius 3 is 2.47 bits per heavy atom. The lowest BCUT2D eigenvalue weighted by atomic mass is 10.0. The van der Waals surface area contributed by atoms with Gasteiger partial charge in [-0.15, -0.1) is 0 Å². The largest absolute Gasteiger partial charge is 0.491 e. The SMILES string of the molecule is Cc1ccc(C(C)C)c(OCCN2C(=O)S/C(=C\c3cccc(OS(=O)(=O)c4ccc(Cl)cc4)c3)C2=O)c1. The van der Waals surface area contributed by atoms with Crippen molar-refractivity contribution in [1.82, 2.24) is 4.90 Å². The lowest BCUT2D eigenvalue weighted by Crippen LogP contribution is -2.32. The summed E-state index contributed by atoms with van der Waals surface area (Å²) in [5.41, 5.74) is 2.63. The fourth-order valence-electron chi connectivity index (χ4n) is 3.77. The third-order valence-electron chi connectivity index (χ3n) is 5.70. The van der Waals surface area contributed by atoms with Gasteiger partial charge in [-0.2, -0.15) is 8.42 Å². The van der Waals surface area contributed by atoms with Crippen LogP contribution in [0, 0.1) is 6.92 Å². The quantitative estimate of drug-likeness (QED) is 0.210. The van der Waals surface area contributed by atoms with Crippen molar-refractivity contribution in [3.05, 3.63) is 93.3 Å². The molecule has 0 radical (unpaired) electrons. The summed E-state index contributed by atoms with van der Waals surface area (Å²) >= 11 is 6.65. The Morgan fingerprint density at radius 1 is 1.03 bits per heavy atom. The molecular weight excluding hydrogens is 546 g/mol. The van der Waals surface area contributed by atoms with E-state index in [0.717, 1.165) is 33.5 Å². The van der Waals surface area contributed by atoms with Crippen LogP contribution in [-0.2, 0) is 14.9 Å². The summed E-state index contributed by atoms with van der Waals surface area (Å²) in [7, 11) is -4.07. The van der Waals surface area contributed by atoms with E-state index >= 15 is 0 Å². The number of nitrogens with zero attached hydrogens (tertiary/aromatic N) is 1. The van der Waals surface area contributed by atoms with Gasteiger partial charge in [0.05, 0.1) is 11.4 Å². The van der Waals surface area contributed by atoms with Crippen molar-refractivity contribution < 1.29 is 26.9 Å². The van der Waals surface area contributed by atoms with Gasteiger partial charge in [-0.05, 0) is 89.8 Å². The lowest BCUT2D eigenvalue weighted by molar-refractivity contribution is -0.123. The van der Waals surface area contributed by atoms with Crippen LogP contribution in [-0.4, -0.2) is 37.6 Å². The Balaban J connectivity index is 1.43. The summed E-state index contributed by atoms with van der Waals surface area (Å²) < 4.78 is 36.4. The summed E-state index contributed by atoms with van der Waals surface area (Å²) in [6, 6.07) is 17.9. The van der Waals surface area contributed by atoms with Crippen LogP contribution < -0.4 is 8.92 Å². The molecule has 1 aliphatic rings. The first-order valence-corrected chi connectivity index (χ1v) is 14.4. The molecule has 1 aliphatic heterocycles. The number of imide groups is 1. The third-order valence-corrected chi connectivity index (χ3v) is 8.12. The van der Waals surface area contributed by atoms with E-state index in [9.17, 15) is 18.0 Å². The summed E-state index contributed by atoms with van der Waals surface area (Å²) in [6.45, 7) is 6.40. The molecule has 3 aromatic rings. The van der Waals surface area contributed by atoms with Gasteiger partial charge in [0.2, 0.25) is 0 Å². The molecule has 10 heteroatoms. The molecule has 0 aromatic heterocycles. The highest BCUT2D eigenvalue weighted by Gasteiger charge is 2.35. The molecule has 1 saturated heterocycles. The van der Waals surface area contributed by atoms with Crippen LogP contribution in [0.5, 0.6) is 11.5 Å². The van der Waals surface area contributed by atoms with Gasteiger partial charge in [0.25, 0.3) is 11.1 Å². The van der Waals surface area contributed by atoms with Crippen LogP contribution in [0.3, 0.4) is 0 Å². The Kier molecular flexibility index (Phi) is 8.50. The Bertz CT molecular complexity index is 1500. The number of ether oxygens (including phenoxy) is 1. The fourth-order valence-corrected chi connectivity index (χ4v) is 5.68. The molecule has 0 bridgehead atoms. The molecule has 198 valence electrons. The van der Waals surface area contributed by atoms with Gasteiger partial charge in [-0.1, -0.05) is 49.7 Å². The van der Waals surface area contributed by atoms with Crippen molar-refractivity contribution in [1.29, 1.82) is 0 Å². The van der Waals surface area contributed by atoms with Crippen molar-refractivity contribution >= 4 is 50.7 Å². The zero-order valence-corrected chi connectivity index (χ0v) is 23.4. The van der Waals surface area contributed by atoms with Gasteiger partial charge in [0, 0.05) is 5.02 Å². The van der Waals surface area contributed by atoms with Gasteiger partial charge in [0.15, 0.2) is 0 Å². The molecule has 0 unspecified atom stereocenters. The van der Waals surface area contributed by atoms with Crippen molar-refractivity contribution in [3.8, 4) is 11.5 Å². The van der Waals surface area contributed by atoms with Crippen LogP contribution in [0.25, 0.3) is 6.08 Å². The van der Waals surface area contributed by atoms with Gasteiger partial charge < -0.3 is 8.92 Å². The van der Waals surface area contributed by atoms with Crippen molar-refractivity contribution in [2.24, 2.45) is 0 Å². The second kappa shape index (κ2) is 11.6. The number of amides is 2. The second-order valence-corrected chi connectivity index (χ2v) is 11.9. The van der Waals surface area contributed by atoms with Crippen LogP contribution in [0.15, 0.2) is 76.5 Å². The number of rotatable bonds is 9. The minimum absolute atomic E-state index is 0.0400. The van der Waals surface area contributed by atoms with Crippen LogP contribution >= 0.6 is 23.4 Å². The maximum atomic E-state index is 12.9. The van der Waals surface area contributed by atoms with Crippen molar-refractivity contribution in [3.63, 3.8) is 0 Å². The van der Waals surface area contributed by atoms with E-state index < -0.39 is 21.3 Å². The van der Waals surface area contributed by atoms with E-state index in [1.807, 2.05) is 25.1 Å². The predicted molar refractivity (Wildman–Crippen MR) is 149 cm³/mol. The normalized spacial score (nSPS) is 15.0. The number of hydrogen-bond donors (Lipinski definition) is 0. The first-order chi connectivity index (χ1) is 18.0. The van der Waals surface area contributed by atoms with E-state index in [-0.39, 0.29) is 34.6 Å². The number of carbonyl (C=O) groups is 2. The fraction of sp³-hybridized carbons (Fsp3) is 0.214. The number of thioether (sulfide) groups is 1. The van der Waals surface area contributed by atoms with E-state index in [4.69, 9.17) is 20.5 Å². The predicted octanol–water partition coefficient (Wildman–Crippen LogP) is 6.65. The first kappa shape index (κ1) is 27.8.